The summed E-state index contributed by atoms with van der Waals surface area (Å²) in [6, 6.07) is -0.824. The Morgan fingerprint density at radius 1 is 1.25 bits per heavy atom. The number of piperazine rings is 1. The average Bonchev–Trinajstić information content (AvgIpc) is 2.83. The van der Waals surface area contributed by atoms with Crippen LogP contribution in [0.2, 0.25) is 0 Å². The maximum absolute atomic E-state index is 12.1. The highest BCUT2D eigenvalue weighted by molar-refractivity contribution is 7.09. The highest BCUT2D eigenvalue weighted by Gasteiger charge is 2.26. The Morgan fingerprint density at radius 3 is 2.29 bits per heavy atom. The average molecular weight is 421 g/mol. The molecule has 1 aliphatic heterocycles. The number of thiazole rings is 1. The molecule has 0 spiro atoms. The number of aromatic nitrogens is 1. The number of nitrogens with two attached hydrogens (primary N) is 2. The van der Waals surface area contributed by atoms with Crippen LogP contribution in [0.15, 0.2) is 5.38 Å². The molecular weight excluding hydrogens is 397 g/mol. The number of aryl methyl sites for hydroxylation is 1. The summed E-state index contributed by atoms with van der Waals surface area (Å²) >= 11 is 1.65. The normalized spacial score (nSPS) is 15.5. The number of carbonyl (C=O) groups is 2. The van der Waals surface area contributed by atoms with Crippen molar-refractivity contribution in [1.82, 2.24) is 14.8 Å². The molecule has 0 saturated carbocycles. The summed E-state index contributed by atoms with van der Waals surface area (Å²) in [4.78, 5) is 31.3. The van der Waals surface area contributed by atoms with Crippen LogP contribution in [0.5, 0.6) is 0 Å². The summed E-state index contributed by atoms with van der Waals surface area (Å²) in [5.41, 5.74) is 11.8. The third-order valence-corrected chi connectivity index (χ3v) is 4.30. The minimum absolute atomic E-state index is 0. The van der Waals surface area contributed by atoms with Crippen LogP contribution in [-0.2, 0) is 16.1 Å². The molecule has 7 nitrogen and oxygen atoms in total. The van der Waals surface area contributed by atoms with E-state index in [1.54, 1.807) is 16.2 Å². The number of hydrogen-bond donors (Lipinski definition) is 2. The van der Waals surface area contributed by atoms with Gasteiger partial charge in [-0.05, 0) is 6.92 Å². The van der Waals surface area contributed by atoms with Crippen molar-refractivity contribution in [2.45, 2.75) is 25.9 Å². The second kappa shape index (κ2) is 11.8. The first-order valence-electron chi connectivity index (χ1n) is 6.91. The zero-order valence-electron chi connectivity index (χ0n) is 13.3. The van der Waals surface area contributed by atoms with Crippen molar-refractivity contribution < 1.29 is 9.59 Å². The first kappa shape index (κ1) is 25.6. The molecule has 1 aromatic heterocycles. The predicted octanol–water partition coefficient (Wildman–Crippen LogP) is 0.564. The second-order valence-corrected chi connectivity index (χ2v) is 6.30. The summed E-state index contributed by atoms with van der Waals surface area (Å²) in [6.07, 6.45) is -0.100. The van der Waals surface area contributed by atoms with E-state index in [2.05, 4.69) is 15.3 Å². The molecule has 1 fully saturated rings. The van der Waals surface area contributed by atoms with Crippen molar-refractivity contribution in [2.75, 3.05) is 26.2 Å². The van der Waals surface area contributed by atoms with E-state index in [0.29, 0.717) is 13.1 Å². The predicted molar refractivity (Wildman–Crippen MR) is 102 cm³/mol. The van der Waals surface area contributed by atoms with Crippen molar-refractivity contribution in [3.05, 3.63) is 16.1 Å². The summed E-state index contributed by atoms with van der Waals surface area (Å²) < 4.78 is 0. The second-order valence-electron chi connectivity index (χ2n) is 5.24. The molecule has 0 radical (unpaired) electrons. The fraction of sp³-hybridized carbons (Fsp3) is 0.615. The number of carbonyl (C=O) groups excluding carboxylic acids is 2. The fourth-order valence-electron chi connectivity index (χ4n) is 2.37. The van der Waals surface area contributed by atoms with Gasteiger partial charge in [-0.1, -0.05) is 0 Å². The van der Waals surface area contributed by atoms with E-state index in [0.717, 1.165) is 30.3 Å². The molecule has 1 aliphatic rings. The van der Waals surface area contributed by atoms with Gasteiger partial charge >= 0.3 is 0 Å². The molecule has 4 N–H and O–H groups in total. The Hall–Kier alpha value is -0.640. The van der Waals surface area contributed by atoms with E-state index >= 15 is 0 Å². The van der Waals surface area contributed by atoms with Crippen molar-refractivity contribution in [2.24, 2.45) is 11.5 Å². The van der Waals surface area contributed by atoms with Crippen LogP contribution in [0.3, 0.4) is 0 Å². The van der Waals surface area contributed by atoms with E-state index in [4.69, 9.17) is 11.5 Å². The zero-order chi connectivity index (χ0) is 15.4. The summed E-state index contributed by atoms with van der Waals surface area (Å²) in [5, 5.41) is 3.13. The van der Waals surface area contributed by atoms with Crippen LogP contribution in [0, 0.1) is 6.92 Å². The third-order valence-electron chi connectivity index (χ3n) is 3.47. The van der Waals surface area contributed by atoms with Crippen LogP contribution in [0.25, 0.3) is 0 Å². The van der Waals surface area contributed by atoms with Crippen LogP contribution in [-0.4, -0.2) is 58.8 Å². The van der Waals surface area contributed by atoms with Crippen molar-refractivity contribution in [3.8, 4) is 0 Å². The molecule has 1 atom stereocenters. The van der Waals surface area contributed by atoms with Crippen LogP contribution < -0.4 is 11.5 Å². The summed E-state index contributed by atoms with van der Waals surface area (Å²) in [5.74, 6) is -0.744. The van der Waals surface area contributed by atoms with Gasteiger partial charge in [0.15, 0.2) is 0 Å². The first-order valence-corrected chi connectivity index (χ1v) is 7.79. The lowest BCUT2D eigenvalue weighted by atomic mass is 10.1. The van der Waals surface area contributed by atoms with E-state index in [9.17, 15) is 9.59 Å². The number of halogens is 3. The Bertz CT molecular complexity index is 523. The molecule has 140 valence electrons. The highest BCUT2D eigenvalue weighted by atomic mass is 35.5. The minimum Gasteiger partial charge on any atom is -0.370 e. The van der Waals surface area contributed by atoms with Gasteiger partial charge in [0.2, 0.25) is 11.8 Å². The molecular formula is C13H24Cl3N5O2S. The molecule has 1 saturated heterocycles. The maximum Gasteiger partial charge on any atom is 0.240 e. The van der Waals surface area contributed by atoms with Gasteiger partial charge in [-0.25, -0.2) is 4.98 Å². The number of amides is 2. The van der Waals surface area contributed by atoms with Gasteiger partial charge in [0.05, 0.1) is 23.2 Å². The molecule has 2 heterocycles. The Balaban J connectivity index is 0. The summed E-state index contributed by atoms with van der Waals surface area (Å²) in [6.45, 7) is 5.60. The maximum atomic E-state index is 12.1. The van der Waals surface area contributed by atoms with Crippen molar-refractivity contribution >= 4 is 60.4 Å². The molecule has 0 aliphatic carbocycles. The molecule has 1 unspecified atom stereocenters. The Kier molecular flexibility index (Phi) is 12.6. The molecule has 0 aromatic carbocycles. The van der Waals surface area contributed by atoms with Crippen molar-refractivity contribution in [3.63, 3.8) is 0 Å². The Labute approximate surface area is 164 Å². The largest absolute Gasteiger partial charge is 0.370 e. The molecule has 11 heteroatoms. The smallest absolute Gasteiger partial charge is 0.240 e. The minimum atomic E-state index is -0.824. The van der Waals surface area contributed by atoms with E-state index in [1.807, 2.05) is 6.92 Å². The lowest BCUT2D eigenvalue weighted by Gasteiger charge is -2.35. The number of hydrogen-bond acceptors (Lipinski definition) is 6. The SMILES string of the molecule is Cc1nc(CN2CCN(C(=O)C(N)CC(N)=O)CC2)cs1.Cl.Cl.Cl. The quantitative estimate of drug-likeness (QED) is 0.724. The number of rotatable bonds is 5. The summed E-state index contributed by atoms with van der Waals surface area (Å²) in [7, 11) is 0. The van der Waals surface area contributed by atoms with Gasteiger partial charge in [0.1, 0.15) is 0 Å². The van der Waals surface area contributed by atoms with Crippen LogP contribution in [0.1, 0.15) is 17.1 Å². The molecule has 2 rings (SSSR count). The highest BCUT2D eigenvalue weighted by Crippen LogP contribution is 2.12. The lowest BCUT2D eigenvalue weighted by Crippen LogP contribution is -2.53. The lowest BCUT2D eigenvalue weighted by molar-refractivity contribution is -0.136. The molecule has 1 aromatic rings. The van der Waals surface area contributed by atoms with Gasteiger partial charge in [-0.15, -0.1) is 48.6 Å². The molecule has 0 bridgehead atoms. The van der Waals surface area contributed by atoms with Crippen molar-refractivity contribution in [1.29, 1.82) is 0 Å². The molecule has 24 heavy (non-hydrogen) atoms. The van der Waals surface area contributed by atoms with E-state index in [-0.39, 0.29) is 49.5 Å². The standard InChI is InChI=1S/C13H21N5O2S.3ClH/c1-9-16-10(8-21-9)7-17-2-4-18(5-3-17)13(20)11(14)6-12(15)19;;;/h8,11H,2-7,14H2,1H3,(H2,15,19);3*1H. The zero-order valence-corrected chi connectivity index (χ0v) is 16.6. The first-order chi connectivity index (χ1) is 9.95. The fourth-order valence-corrected chi connectivity index (χ4v) is 2.98. The topological polar surface area (TPSA) is 106 Å². The van der Waals surface area contributed by atoms with Gasteiger partial charge in [-0.3, -0.25) is 14.5 Å². The Morgan fingerprint density at radius 2 is 1.83 bits per heavy atom. The van der Waals surface area contributed by atoms with Gasteiger partial charge in [0, 0.05) is 38.1 Å². The van der Waals surface area contributed by atoms with Gasteiger partial charge in [-0.2, -0.15) is 0 Å². The van der Waals surface area contributed by atoms with E-state index < -0.39 is 11.9 Å². The molecule has 2 amide bonds. The monoisotopic (exact) mass is 419 g/mol. The third kappa shape index (κ3) is 7.50. The van der Waals surface area contributed by atoms with Gasteiger partial charge in [0.25, 0.3) is 0 Å². The number of nitrogens with zero attached hydrogens (tertiary/aromatic N) is 3. The van der Waals surface area contributed by atoms with E-state index in [1.165, 1.54) is 0 Å². The van der Waals surface area contributed by atoms with Crippen LogP contribution >= 0.6 is 48.6 Å². The van der Waals surface area contributed by atoms with Crippen LogP contribution in [0.4, 0.5) is 0 Å². The number of primary amides is 1. The van der Waals surface area contributed by atoms with Gasteiger partial charge < -0.3 is 16.4 Å².